The maximum atomic E-state index is 12.8. The van der Waals surface area contributed by atoms with E-state index < -0.39 is 0 Å². The molecule has 0 bridgehead atoms. The topological polar surface area (TPSA) is 116 Å². The highest BCUT2D eigenvalue weighted by atomic mass is 35.5. The molecule has 1 aromatic carbocycles. The van der Waals surface area contributed by atoms with E-state index in [1.165, 1.54) is 0 Å². The van der Waals surface area contributed by atoms with Crippen molar-refractivity contribution in [2.75, 3.05) is 37.0 Å². The summed E-state index contributed by atoms with van der Waals surface area (Å²) in [5.41, 5.74) is 9.73. The van der Waals surface area contributed by atoms with E-state index in [9.17, 15) is 4.79 Å². The van der Waals surface area contributed by atoms with Gasteiger partial charge in [0.15, 0.2) is 5.65 Å². The third-order valence-electron chi connectivity index (χ3n) is 6.39. The number of hydrogen-bond acceptors (Lipinski definition) is 8. The summed E-state index contributed by atoms with van der Waals surface area (Å²) in [6.07, 6.45) is 5.13. The second-order valence-electron chi connectivity index (χ2n) is 8.57. The summed E-state index contributed by atoms with van der Waals surface area (Å²) >= 11 is 5.98. The number of fused-ring (bicyclic) bond motifs is 2. The molecular formula is C23H27ClN8O2. The summed E-state index contributed by atoms with van der Waals surface area (Å²) in [6, 6.07) is 6.11. The Balaban J connectivity index is 1.17. The van der Waals surface area contributed by atoms with Gasteiger partial charge in [-0.15, -0.1) is 0 Å². The van der Waals surface area contributed by atoms with Gasteiger partial charge in [0.05, 0.1) is 11.7 Å². The van der Waals surface area contributed by atoms with Gasteiger partial charge < -0.3 is 20.8 Å². The molecule has 1 saturated heterocycles. The molecule has 4 heterocycles. The lowest BCUT2D eigenvalue weighted by Crippen LogP contribution is -2.51. The monoisotopic (exact) mass is 482 g/mol. The number of imidazole rings is 1. The number of nitrogens with one attached hydrogen (secondary N) is 1. The predicted molar refractivity (Wildman–Crippen MR) is 133 cm³/mol. The molecule has 11 heteroatoms. The Morgan fingerprint density at radius 1 is 1.26 bits per heavy atom. The fraction of sp³-hybridized carbons (Fsp3) is 0.391. The van der Waals surface area contributed by atoms with Crippen LogP contribution in [0.1, 0.15) is 18.4 Å². The Hall–Kier alpha value is -3.37. The molecular weight excluding hydrogens is 456 g/mol. The van der Waals surface area contributed by atoms with Crippen LogP contribution in [0, 0.1) is 6.92 Å². The largest absolute Gasteiger partial charge is 0.491 e. The molecule has 10 nitrogen and oxygen atoms in total. The van der Waals surface area contributed by atoms with Crippen LogP contribution in [0.3, 0.4) is 0 Å². The summed E-state index contributed by atoms with van der Waals surface area (Å²) in [5.74, 6) is 0.782. The van der Waals surface area contributed by atoms with E-state index >= 15 is 0 Å². The van der Waals surface area contributed by atoms with Crippen molar-refractivity contribution in [1.82, 2.24) is 29.5 Å². The van der Waals surface area contributed by atoms with Crippen molar-refractivity contribution >= 4 is 39.4 Å². The number of anilines is 1. The van der Waals surface area contributed by atoms with Gasteiger partial charge in [0.2, 0.25) is 5.28 Å². The Kier molecular flexibility index (Phi) is 6.01. The lowest BCUT2D eigenvalue weighted by atomic mass is 10.1. The number of nitrogen functional groups attached to an aromatic ring is 1. The number of nitrogens with zero attached hydrogens (tertiary/aromatic N) is 6. The number of pyridine rings is 1. The number of halogens is 1. The molecule has 1 aliphatic rings. The van der Waals surface area contributed by atoms with Crippen LogP contribution >= 0.6 is 11.6 Å². The fourth-order valence-corrected chi connectivity index (χ4v) is 4.57. The highest BCUT2D eigenvalue weighted by Gasteiger charge is 2.24. The van der Waals surface area contributed by atoms with Crippen LogP contribution in [0.2, 0.25) is 5.28 Å². The zero-order valence-corrected chi connectivity index (χ0v) is 19.9. The summed E-state index contributed by atoms with van der Waals surface area (Å²) < 4.78 is 9.19. The normalized spacial score (nSPS) is 14.9. The number of piperidine rings is 1. The summed E-state index contributed by atoms with van der Waals surface area (Å²) in [5, 5.41) is 6.64. The molecule has 178 valence electrons. The minimum atomic E-state index is -0.146. The molecule has 0 unspecified atom stereocenters. The molecule has 0 aliphatic carbocycles. The summed E-state index contributed by atoms with van der Waals surface area (Å²) in [6.45, 7) is 4.68. The molecule has 34 heavy (non-hydrogen) atoms. The minimum absolute atomic E-state index is 0.128. The standard InChI is InChI=1S/C23H27ClN8O2/c1-14-11-18-16(12-17(14)25)20(3-6-27-18)34-10-7-26-15-4-8-31(9-5-15)32-21-19(30(2)23(32)33)13-28-22(24)29-21/h3,6,11-13,15,26H,4-5,7-10,25H2,1-2H3. The number of benzene rings is 1. The van der Waals surface area contributed by atoms with Gasteiger partial charge in [-0.2, -0.15) is 9.66 Å². The highest BCUT2D eigenvalue weighted by Crippen LogP contribution is 2.27. The maximum absolute atomic E-state index is 12.8. The number of nitrogens with two attached hydrogens (primary N) is 1. The van der Waals surface area contributed by atoms with Gasteiger partial charge in [-0.1, -0.05) is 0 Å². The molecule has 0 saturated carbocycles. The third-order valence-corrected chi connectivity index (χ3v) is 6.57. The molecule has 1 aliphatic heterocycles. The second-order valence-corrected chi connectivity index (χ2v) is 8.90. The van der Waals surface area contributed by atoms with Crippen molar-refractivity contribution in [2.24, 2.45) is 7.05 Å². The molecule has 3 aromatic heterocycles. The van der Waals surface area contributed by atoms with Gasteiger partial charge in [-0.3, -0.25) is 9.55 Å². The van der Waals surface area contributed by atoms with Crippen LogP contribution in [0.4, 0.5) is 5.69 Å². The Bertz CT molecular complexity index is 1410. The van der Waals surface area contributed by atoms with Gasteiger partial charge in [0, 0.05) is 50.0 Å². The molecule has 4 aromatic rings. The number of aryl methyl sites for hydroxylation is 2. The number of ether oxygens (including phenoxy) is 1. The number of aromatic nitrogens is 5. The zero-order valence-electron chi connectivity index (χ0n) is 19.2. The van der Waals surface area contributed by atoms with Crippen molar-refractivity contribution in [2.45, 2.75) is 25.8 Å². The van der Waals surface area contributed by atoms with Gasteiger partial charge in [-0.25, -0.2) is 9.78 Å². The Labute approximate surface area is 201 Å². The van der Waals surface area contributed by atoms with Crippen molar-refractivity contribution < 1.29 is 4.74 Å². The van der Waals surface area contributed by atoms with E-state index in [1.54, 1.807) is 28.7 Å². The molecule has 0 spiro atoms. The molecule has 5 rings (SSSR count). The van der Waals surface area contributed by atoms with E-state index in [2.05, 4.69) is 20.3 Å². The first-order valence-electron chi connectivity index (χ1n) is 11.3. The lowest BCUT2D eigenvalue weighted by molar-refractivity contribution is 0.294. The van der Waals surface area contributed by atoms with E-state index in [1.807, 2.05) is 30.1 Å². The first kappa shape index (κ1) is 22.4. The summed E-state index contributed by atoms with van der Waals surface area (Å²) in [7, 11) is 1.72. The van der Waals surface area contributed by atoms with Gasteiger partial charge >= 0.3 is 5.69 Å². The van der Waals surface area contributed by atoms with Crippen LogP contribution < -0.4 is 26.5 Å². The molecule has 1 fully saturated rings. The molecule has 0 amide bonds. The molecule has 0 atom stereocenters. The van der Waals surface area contributed by atoms with Gasteiger partial charge in [-0.05, 0) is 55.1 Å². The van der Waals surface area contributed by atoms with Crippen LogP contribution in [0.15, 0.2) is 35.4 Å². The van der Waals surface area contributed by atoms with Gasteiger partial charge in [0.25, 0.3) is 0 Å². The molecule has 0 radical (unpaired) electrons. The fourth-order valence-electron chi connectivity index (χ4n) is 4.44. The minimum Gasteiger partial charge on any atom is -0.491 e. The van der Waals surface area contributed by atoms with Crippen molar-refractivity contribution in [1.29, 1.82) is 0 Å². The third kappa shape index (κ3) is 4.14. The van der Waals surface area contributed by atoms with Crippen molar-refractivity contribution in [3.05, 3.63) is 51.9 Å². The first-order valence-corrected chi connectivity index (χ1v) is 11.7. The second kappa shape index (κ2) is 9.11. The van der Waals surface area contributed by atoms with Crippen molar-refractivity contribution in [3.8, 4) is 5.75 Å². The quantitative estimate of drug-likeness (QED) is 0.243. The lowest BCUT2D eigenvalue weighted by Gasteiger charge is -2.33. The van der Waals surface area contributed by atoms with Crippen LogP contribution in [-0.2, 0) is 7.05 Å². The summed E-state index contributed by atoms with van der Waals surface area (Å²) in [4.78, 5) is 25.5. The zero-order chi connectivity index (χ0) is 23.8. The van der Waals surface area contributed by atoms with Crippen LogP contribution in [0.25, 0.3) is 22.1 Å². The van der Waals surface area contributed by atoms with Gasteiger partial charge in [0.1, 0.15) is 17.9 Å². The smallest absolute Gasteiger partial charge is 0.349 e. The Morgan fingerprint density at radius 2 is 2.06 bits per heavy atom. The average Bonchev–Trinajstić information content (AvgIpc) is 3.07. The van der Waals surface area contributed by atoms with E-state index in [0.717, 1.165) is 53.8 Å². The van der Waals surface area contributed by atoms with E-state index in [0.29, 0.717) is 30.4 Å². The van der Waals surface area contributed by atoms with Crippen molar-refractivity contribution in [3.63, 3.8) is 0 Å². The maximum Gasteiger partial charge on any atom is 0.349 e. The first-order chi connectivity index (χ1) is 16.4. The highest BCUT2D eigenvalue weighted by molar-refractivity contribution is 6.28. The predicted octanol–water partition coefficient (Wildman–Crippen LogP) is 1.99. The van der Waals surface area contributed by atoms with E-state index in [-0.39, 0.29) is 11.0 Å². The van der Waals surface area contributed by atoms with Crippen LogP contribution in [0.5, 0.6) is 5.75 Å². The average molecular weight is 483 g/mol. The number of rotatable bonds is 6. The SMILES string of the molecule is Cc1cc2nccc(OCCNC3CCN(n4c(=O)n(C)c5cnc(Cl)nc54)CC3)c2cc1N. The molecule has 3 N–H and O–H groups in total. The Morgan fingerprint density at radius 3 is 2.85 bits per heavy atom. The number of hydrogen-bond donors (Lipinski definition) is 2. The van der Waals surface area contributed by atoms with Crippen LogP contribution in [-0.4, -0.2) is 56.5 Å². The van der Waals surface area contributed by atoms with E-state index in [4.69, 9.17) is 22.1 Å².